The van der Waals surface area contributed by atoms with Crippen LogP contribution < -0.4 is 9.64 Å². The predicted octanol–water partition coefficient (Wildman–Crippen LogP) is 5.25. The number of hydrogen-bond acceptors (Lipinski definition) is 4. The summed E-state index contributed by atoms with van der Waals surface area (Å²) in [6.07, 6.45) is 6.06. The molecule has 0 N–H and O–H groups in total. The molecule has 0 saturated carbocycles. The smallest absolute Gasteiger partial charge is 0.222 e. The van der Waals surface area contributed by atoms with Crippen LogP contribution in [0, 0.1) is 12.7 Å². The van der Waals surface area contributed by atoms with Crippen molar-refractivity contribution in [1.29, 1.82) is 0 Å². The maximum atomic E-state index is 14.3. The standard InChI is InChI=1S/C28H36FN3O2/c1-20-8-10-26(27(17-20)34-2)32-24-11-9-21(29)18-22(24)23-19-30(16-12-25(23)32)13-5-6-15-31-14-4-3-7-28(31)33/h8-11,17-18,23,25H,3-7,12-16,19H2,1-2H3/t23-,25+/m0/s1. The van der Waals surface area contributed by atoms with Gasteiger partial charge in [-0.05, 0) is 87.0 Å². The number of nitrogens with zero attached hydrogens (tertiary/aromatic N) is 3. The minimum Gasteiger partial charge on any atom is -0.495 e. The predicted molar refractivity (Wildman–Crippen MR) is 134 cm³/mol. The van der Waals surface area contributed by atoms with Crippen molar-refractivity contribution in [3.63, 3.8) is 0 Å². The summed E-state index contributed by atoms with van der Waals surface area (Å²) in [4.78, 5) is 19.0. The monoisotopic (exact) mass is 465 g/mol. The van der Waals surface area contributed by atoms with Gasteiger partial charge >= 0.3 is 0 Å². The number of carbonyl (C=O) groups excluding carboxylic acids is 1. The highest BCUT2D eigenvalue weighted by Crippen LogP contribution is 2.50. The number of aryl methyl sites for hydroxylation is 1. The number of fused-ring (bicyclic) bond motifs is 3. The van der Waals surface area contributed by atoms with E-state index in [1.54, 1.807) is 19.2 Å². The van der Waals surface area contributed by atoms with Crippen molar-refractivity contribution in [3.05, 3.63) is 53.3 Å². The fourth-order valence-electron chi connectivity index (χ4n) is 6.07. The quantitative estimate of drug-likeness (QED) is 0.524. The van der Waals surface area contributed by atoms with Gasteiger partial charge in [0.25, 0.3) is 0 Å². The van der Waals surface area contributed by atoms with E-state index in [0.717, 1.165) is 93.1 Å². The van der Waals surface area contributed by atoms with Gasteiger partial charge in [-0.3, -0.25) is 4.79 Å². The van der Waals surface area contributed by atoms with E-state index < -0.39 is 0 Å². The lowest BCUT2D eigenvalue weighted by atomic mass is 9.88. The summed E-state index contributed by atoms with van der Waals surface area (Å²) in [5.41, 5.74) is 4.44. The number of methoxy groups -OCH3 is 1. The van der Waals surface area contributed by atoms with Gasteiger partial charge in [0.1, 0.15) is 11.6 Å². The van der Waals surface area contributed by atoms with Gasteiger partial charge in [0.15, 0.2) is 0 Å². The van der Waals surface area contributed by atoms with Crippen LogP contribution in [0.4, 0.5) is 15.8 Å². The minimum atomic E-state index is -0.168. The van der Waals surface area contributed by atoms with Crippen LogP contribution in [0.2, 0.25) is 0 Å². The second-order valence-corrected chi connectivity index (χ2v) is 10.1. The lowest BCUT2D eigenvalue weighted by Crippen LogP contribution is -2.45. The van der Waals surface area contributed by atoms with E-state index in [9.17, 15) is 9.18 Å². The Balaban J connectivity index is 1.28. The Kier molecular flexibility index (Phi) is 6.77. The summed E-state index contributed by atoms with van der Waals surface area (Å²) in [6.45, 7) is 6.88. The fraction of sp³-hybridized carbons (Fsp3) is 0.536. The molecule has 2 atom stereocenters. The molecule has 5 rings (SSSR count). The number of piperidine rings is 2. The Morgan fingerprint density at radius 1 is 1.03 bits per heavy atom. The molecule has 3 aliphatic heterocycles. The normalized spacial score (nSPS) is 22.6. The molecule has 2 aromatic carbocycles. The molecule has 0 bridgehead atoms. The number of carbonyl (C=O) groups is 1. The average molecular weight is 466 g/mol. The van der Waals surface area contributed by atoms with Crippen molar-refractivity contribution in [2.45, 2.75) is 57.4 Å². The van der Waals surface area contributed by atoms with Crippen LogP contribution >= 0.6 is 0 Å². The number of unbranched alkanes of at least 4 members (excludes halogenated alkanes) is 1. The highest BCUT2D eigenvalue weighted by molar-refractivity contribution is 5.77. The van der Waals surface area contributed by atoms with Gasteiger partial charge in [0, 0.05) is 50.2 Å². The molecule has 5 nitrogen and oxygen atoms in total. The number of rotatable bonds is 7. The number of ether oxygens (including phenoxy) is 1. The van der Waals surface area contributed by atoms with Crippen LogP contribution in [0.3, 0.4) is 0 Å². The molecule has 0 aliphatic carbocycles. The van der Waals surface area contributed by atoms with Crippen LogP contribution in [-0.2, 0) is 4.79 Å². The maximum Gasteiger partial charge on any atom is 0.222 e. The zero-order valence-corrected chi connectivity index (χ0v) is 20.4. The highest BCUT2D eigenvalue weighted by Gasteiger charge is 2.43. The van der Waals surface area contributed by atoms with Crippen molar-refractivity contribution >= 4 is 17.3 Å². The first-order valence-corrected chi connectivity index (χ1v) is 12.8. The third-order valence-corrected chi connectivity index (χ3v) is 7.81. The molecule has 182 valence electrons. The molecule has 0 spiro atoms. The lowest BCUT2D eigenvalue weighted by Gasteiger charge is -2.39. The van der Waals surface area contributed by atoms with E-state index in [1.807, 2.05) is 11.0 Å². The van der Waals surface area contributed by atoms with E-state index >= 15 is 0 Å². The zero-order chi connectivity index (χ0) is 23.7. The first-order chi connectivity index (χ1) is 16.5. The zero-order valence-electron chi connectivity index (χ0n) is 20.4. The summed E-state index contributed by atoms with van der Waals surface area (Å²) < 4.78 is 20.1. The summed E-state index contributed by atoms with van der Waals surface area (Å²) >= 11 is 0. The van der Waals surface area contributed by atoms with Crippen molar-refractivity contribution in [1.82, 2.24) is 9.80 Å². The Morgan fingerprint density at radius 2 is 1.85 bits per heavy atom. The molecule has 0 unspecified atom stereocenters. The topological polar surface area (TPSA) is 36.0 Å². The van der Waals surface area contributed by atoms with E-state index in [-0.39, 0.29) is 11.7 Å². The number of likely N-dealkylation sites (tertiary alicyclic amines) is 2. The fourth-order valence-corrected chi connectivity index (χ4v) is 6.07. The van der Waals surface area contributed by atoms with Crippen LogP contribution in [0.1, 0.15) is 55.6 Å². The van der Waals surface area contributed by atoms with Crippen LogP contribution in [-0.4, -0.2) is 61.6 Å². The van der Waals surface area contributed by atoms with Crippen LogP contribution in [0.25, 0.3) is 0 Å². The third kappa shape index (κ3) is 4.52. The molecule has 2 saturated heterocycles. The Bertz CT molecular complexity index is 1040. The van der Waals surface area contributed by atoms with Gasteiger partial charge in [-0.1, -0.05) is 6.07 Å². The van der Waals surface area contributed by atoms with E-state index in [4.69, 9.17) is 4.74 Å². The van der Waals surface area contributed by atoms with E-state index in [1.165, 1.54) is 0 Å². The van der Waals surface area contributed by atoms with Crippen molar-refractivity contribution in [2.75, 3.05) is 44.7 Å². The highest BCUT2D eigenvalue weighted by atomic mass is 19.1. The molecule has 2 aromatic rings. The Hall–Kier alpha value is -2.60. The first kappa shape index (κ1) is 23.2. The van der Waals surface area contributed by atoms with Crippen molar-refractivity contribution in [3.8, 4) is 5.75 Å². The van der Waals surface area contributed by atoms with Gasteiger partial charge in [-0.15, -0.1) is 0 Å². The van der Waals surface area contributed by atoms with Gasteiger partial charge < -0.3 is 19.4 Å². The first-order valence-electron chi connectivity index (χ1n) is 12.8. The van der Waals surface area contributed by atoms with Gasteiger partial charge in [-0.25, -0.2) is 4.39 Å². The van der Waals surface area contributed by atoms with Crippen LogP contribution in [0.5, 0.6) is 5.75 Å². The molecule has 1 amide bonds. The lowest BCUT2D eigenvalue weighted by molar-refractivity contribution is -0.133. The van der Waals surface area contributed by atoms with E-state index in [2.05, 4.69) is 34.9 Å². The number of benzene rings is 2. The number of hydrogen-bond donors (Lipinski definition) is 0. The van der Waals surface area contributed by atoms with E-state index in [0.29, 0.717) is 18.4 Å². The Labute approximate surface area is 202 Å². The third-order valence-electron chi connectivity index (χ3n) is 7.81. The van der Waals surface area contributed by atoms with Crippen molar-refractivity contribution in [2.24, 2.45) is 0 Å². The molecule has 3 heterocycles. The maximum absolute atomic E-state index is 14.3. The molecule has 0 radical (unpaired) electrons. The number of amides is 1. The number of halogens is 1. The van der Waals surface area contributed by atoms with Crippen molar-refractivity contribution < 1.29 is 13.9 Å². The SMILES string of the molecule is COc1cc(C)ccc1N1c2ccc(F)cc2[C@@H]2CN(CCCCN3CCCCC3=O)CC[C@H]21. The van der Waals surface area contributed by atoms with Gasteiger partial charge in [0.05, 0.1) is 12.8 Å². The second-order valence-electron chi connectivity index (χ2n) is 10.1. The second kappa shape index (κ2) is 9.95. The molecule has 3 aliphatic rings. The summed E-state index contributed by atoms with van der Waals surface area (Å²) in [5, 5.41) is 0. The molecule has 34 heavy (non-hydrogen) atoms. The largest absolute Gasteiger partial charge is 0.495 e. The van der Waals surface area contributed by atoms with Gasteiger partial charge in [0.2, 0.25) is 5.91 Å². The molecular formula is C28H36FN3O2. The molecule has 2 fully saturated rings. The van der Waals surface area contributed by atoms with Crippen LogP contribution in [0.15, 0.2) is 36.4 Å². The molecule has 0 aromatic heterocycles. The van der Waals surface area contributed by atoms with Gasteiger partial charge in [-0.2, -0.15) is 0 Å². The Morgan fingerprint density at radius 3 is 2.68 bits per heavy atom. The summed E-state index contributed by atoms with van der Waals surface area (Å²) in [6, 6.07) is 11.9. The minimum absolute atomic E-state index is 0.168. The molecule has 6 heteroatoms. The number of anilines is 2. The summed E-state index contributed by atoms with van der Waals surface area (Å²) in [5.74, 6) is 1.29. The average Bonchev–Trinajstić information content (AvgIpc) is 3.15. The summed E-state index contributed by atoms with van der Waals surface area (Å²) in [7, 11) is 1.72. The molecular weight excluding hydrogens is 429 g/mol.